The van der Waals surface area contributed by atoms with Crippen LogP contribution >= 0.6 is 0 Å². The largest absolute Gasteiger partial charge is 0.489 e. The zero-order valence-electron chi connectivity index (χ0n) is 19.7. The predicted molar refractivity (Wildman–Crippen MR) is 128 cm³/mol. The monoisotopic (exact) mass is 491 g/mol. The van der Waals surface area contributed by atoms with Crippen LogP contribution < -0.4 is 15.1 Å². The lowest BCUT2D eigenvalue weighted by Gasteiger charge is -2.46. The molecule has 0 spiro atoms. The number of rotatable bonds is 8. The van der Waals surface area contributed by atoms with E-state index in [1.165, 1.54) is 11.0 Å². The van der Waals surface area contributed by atoms with Crippen LogP contribution in [0.5, 0.6) is 11.5 Å². The Hall–Kier alpha value is -4.11. The van der Waals surface area contributed by atoms with Crippen LogP contribution in [0.15, 0.2) is 75.1 Å². The molecule has 5 rings (SSSR count). The normalized spacial score (nSPS) is 21.8. The second kappa shape index (κ2) is 9.16. The summed E-state index contributed by atoms with van der Waals surface area (Å²) in [5, 5.41) is 20.5. The van der Waals surface area contributed by atoms with E-state index in [2.05, 4.69) is 0 Å². The van der Waals surface area contributed by atoms with Gasteiger partial charge in [0.1, 0.15) is 36.0 Å². The van der Waals surface area contributed by atoms with E-state index < -0.39 is 23.6 Å². The summed E-state index contributed by atoms with van der Waals surface area (Å²) in [6.45, 7) is 3.71. The molecule has 3 aromatic rings. The molecule has 2 aromatic carbocycles. The highest BCUT2D eigenvalue weighted by Gasteiger charge is 2.59. The molecule has 1 fully saturated rings. The summed E-state index contributed by atoms with van der Waals surface area (Å²) in [5.41, 5.74) is 1.38. The number of β-lactam (4-membered cyclic amide) rings is 1. The van der Waals surface area contributed by atoms with Crippen molar-refractivity contribution in [3.8, 4) is 11.5 Å². The highest BCUT2D eigenvalue weighted by atomic mass is 16.5. The Morgan fingerprint density at radius 2 is 1.69 bits per heavy atom. The first-order valence-corrected chi connectivity index (χ1v) is 11.6. The van der Waals surface area contributed by atoms with E-state index in [1.807, 2.05) is 25.1 Å². The predicted octanol–water partition coefficient (Wildman–Crippen LogP) is 2.95. The number of ether oxygens (including phenoxy) is 2. The van der Waals surface area contributed by atoms with Crippen LogP contribution in [0.3, 0.4) is 0 Å². The van der Waals surface area contributed by atoms with Crippen molar-refractivity contribution in [3.05, 3.63) is 81.9 Å². The molecule has 36 heavy (non-hydrogen) atoms. The van der Waals surface area contributed by atoms with Crippen LogP contribution in [-0.2, 0) is 16.2 Å². The third kappa shape index (κ3) is 4.11. The van der Waals surface area contributed by atoms with Gasteiger partial charge in [0.25, 0.3) is 0 Å². The molecule has 0 saturated carbocycles. The number of nitrogens with zero attached hydrogens (tertiary/aromatic N) is 1. The average molecular weight is 491 g/mol. The minimum atomic E-state index is -1.18. The van der Waals surface area contributed by atoms with Crippen molar-refractivity contribution in [1.82, 2.24) is 4.90 Å². The van der Waals surface area contributed by atoms with Gasteiger partial charge < -0.3 is 29.0 Å². The molecular weight excluding hydrogens is 466 g/mol. The van der Waals surface area contributed by atoms with Gasteiger partial charge in [-0.1, -0.05) is 19.1 Å². The molecule has 186 valence electrons. The number of carbonyl (C=O) groups is 2. The molecule has 1 saturated heterocycles. The molecule has 3 heterocycles. The number of carboxylic acids is 1. The number of carbonyl (C=O) groups excluding carboxylic acids is 1. The van der Waals surface area contributed by atoms with Crippen LogP contribution in [0, 0.1) is 11.8 Å². The topological polar surface area (TPSA) is 127 Å². The van der Waals surface area contributed by atoms with E-state index in [9.17, 15) is 24.6 Å². The van der Waals surface area contributed by atoms with Gasteiger partial charge in [-0.05, 0) is 42.8 Å². The number of fused-ring (bicyclic) bond motifs is 2. The molecule has 0 aliphatic carbocycles. The van der Waals surface area contributed by atoms with Gasteiger partial charge in [0.2, 0.25) is 5.91 Å². The molecule has 9 heteroatoms. The highest BCUT2D eigenvalue weighted by molar-refractivity contribution is 6.00. The van der Waals surface area contributed by atoms with E-state index in [0.29, 0.717) is 22.7 Å². The Kier molecular flexibility index (Phi) is 6.01. The van der Waals surface area contributed by atoms with E-state index in [4.69, 9.17) is 13.9 Å². The molecule has 0 radical (unpaired) electrons. The lowest BCUT2D eigenvalue weighted by atomic mass is 9.78. The summed E-state index contributed by atoms with van der Waals surface area (Å²) in [7, 11) is 0. The maximum atomic E-state index is 12.4. The van der Waals surface area contributed by atoms with Gasteiger partial charge in [-0.15, -0.1) is 0 Å². The van der Waals surface area contributed by atoms with Crippen LogP contribution in [0.25, 0.3) is 11.0 Å². The smallest absolute Gasteiger partial charge is 0.352 e. The summed E-state index contributed by atoms with van der Waals surface area (Å²) in [4.78, 5) is 37.0. The van der Waals surface area contributed by atoms with E-state index in [1.54, 1.807) is 37.3 Å². The fourth-order valence-electron chi connectivity index (χ4n) is 4.97. The third-order valence-electron chi connectivity index (χ3n) is 6.84. The van der Waals surface area contributed by atoms with Crippen molar-refractivity contribution in [2.45, 2.75) is 32.6 Å². The van der Waals surface area contributed by atoms with Crippen LogP contribution in [0.1, 0.15) is 19.4 Å². The molecule has 4 atom stereocenters. The number of hydrogen-bond acceptors (Lipinski definition) is 7. The number of hydrogen-bond donors (Lipinski definition) is 2. The lowest BCUT2D eigenvalue weighted by molar-refractivity contribution is -0.163. The maximum absolute atomic E-state index is 12.4. The number of amides is 1. The maximum Gasteiger partial charge on any atom is 0.352 e. The van der Waals surface area contributed by atoms with Gasteiger partial charge in [0.15, 0.2) is 0 Å². The summed E-state index contributed by atoms with van der Waals surface area (Å²) in [6, 6.07) is 15.2. The van der Waals surface area contributed by atoms with Gasteiger partial charge in [-0.25, -0.2) is 9.59 Å². The number of benzene rings is 2. The van der Waals surface area contributed by atoms with Crippen molar-refractivity contribution in [3.63, 3.8) is 0 Å². The number of aliphatic hydroxyl groups is 1. The van der Waals surface area contributed by atoms with Gasteiger partial charge in [-0.2, -0.15) is 0 Å². The molecule has 1 amide bonds. The summed E-state index contributed by atoms with van der Waals surface area (Å²) >= 11 is 0. The summed E-state index contributed by atoms with van der Waals surface area (Å²) < 4.78 is 16.9. The first-order chi connectivity index (χ1) is 17.2. The molecule has 0 bridgehead atoms. The Bertz CT molecular complexity index is 1420. The summed E-state index contributed by atoms with van der Waals surface area (Å²) in [5.74, 6) is -1.29. The first kappa shape index (κ1) is 23.6. The standard InChI is InChI=1S/C27H25NO8/c1-14-20(25(27(32)33)28-24(14)23(15(2)29)26(28)31)13-35-18-7-3-16(4-8-18)12-34-19-9-5-17-6-10-22(30)36-21(17)11-19/h3-11,14-15,23-24,29H,12-13H2,1-2H3,(H,32,33)/t14-,15+,23+,24?/m0/s1. The Labute approximate surface area is 206 Å². The van der Waals surface area contributed by atoms with Crippen molar-refractivity contribution in [2.24, 2.45) is 11.8 Å². The van der Waals surface area contributed by atoms with E-state index >= 15 is 0 Å². The molecular formula is C27H25NO8. The van der Waals surface area contributed by atoms with Crippen molar-refractivity contribution < 1.29 is 33.7 Å². The Balaban J connectivity index is 1.23. The van der Waals surface area contributed by atoms with Gasteiger partial charge in [0.05, 0.1) is 18.1 Å². The molecule has 9 nitrogen and oxygen atoms in total. The van der Waals surface area contributed by atoms with E-state index in [-0.39, 0.29) is 36.8 Å². The van der Waals surface area contributed by atoms with Crippen molar-refractivity contribution in [1.29, 1.82) is 0 Å². The number of carboxylic acid groups (broad SMARTS) is 1. The first-order valence-electron chi connectivity index (χ1n) is 11.6. The molecule has 1 unspecified atom stereocenters. The SMILES string of the molecule is C[C@H]1C(COc2ccc(COc3ccc4ccc(=O)oc4c3)cc2)=C(C(=O)O)N2C(=O)[C@H]([C@@H](C)O)C12. The molecule has 2 N–H and O–H groups in total. The second-order valence-corrected chi connectivity index (χ2v) is 9.11. The zero-order chi connectivity index (χ0) is 25.6. The van der Waals surface area contributed by atoms with Gasteiger partial charge in [-0.3, -0.25) is 4.79 Å². The molecule has 1 aromatic heterocycles. The quantitative estimate of drug-likeness (QED) is 0.364. The van der Waals surface area contributed by atoms with Crippen LogP contribution in [-0.4, -0.2) is 45.7 Å². The Morgan fingerprint density at radius 1 is 1.03 bits per heavy atom. The minimum Gasteiger partial charge on any atom is -0.489 e. The van der Waals surface area contributed by atoms with Crippen molar-refractivity contribution >= 4 is 22.8 Å². The van der Waals surface area contributed by atoms with Crippen LogP contribution in [0.2, 0.25) is 0 Å². The van der Waals surface area contributed by atoms with Crippen LogP contribution in [0.4, 0.5) is 0 Å². The van der Waals surface area contributed by atoms with Gasteiger partial charge in [0, 0.05) is 29.0 Å². The number of aliphatic hydroxyl groups excluding tert-OH is 1. The molecule has 2 aliphatic rings. The second-order valence-electron chi connectivity index (χ2n) is 9.11. The fraction of sp³-hybridized carbons (Fsp3) is 0.296. The minimum absolute atomic E-state index is 0.0216. The summed E-state index contributed by atoms with van der Waals surface area (Å²) in [6.07, 6.45) is -0.848. The van der Waals surface area contributed by atoms with Gasteiger partial charge >= 0.3 is 11.6 Å². The fourth-order valence-corrected chi connectivity index (χ4v) is 4.97. The molecule has 2 aliphatic heterocycles. The Morgan fingerprint density at radius 3 is 2.39 bits per heavy atom. The highest BCUT2D eigenvalue weighted by Crippen LogP contribution is 2.47. The third-order valence-corrected chi connectivity index (χ3v) is 6.84. The average Bonchev–Trinajstić information content (AvgIpc) is 3.09. The number of aliphatic carboxylic acids is 1. The van der Waals surface area contributed by atoms with E-state index in [0.717, 1.165) is 10.9 Å². The lowest BCUT2D eigenvalue weighted by Crippen LogP contribution is -2.63. The van der Waals surface area contributed by atoms with Crippen molar-refractivity contribution in [2.75, 3.05) is 6.61 Å². The zero-order valence-corrected chi connectivity index (χ0v) is 19.7.